The van der Waals surface area contributed by atoms with Gasteiger partial charge in [-0.05, 0) is 31.9 Å². The largest absolute Gasteiger partial charge is 0.485 e. The Morgan fingerprint density at radius 2 is 2.26 bits per heavy atom. The molecule has 23 heavy (non-hydrogen) atoms. The molecule has 0 amide bonds. The third-order valence-electron chi connectivity index (χ3n) is 4.20. The van der Waals surface area contributed by atoms with Crippen molar-refractivity contribution in [2.75, 3.05) is 0 Å². The van der Waals surface area contributed by atoms with Crippen molar-refractivity contribution in [1.29, 1.82) is 0 Å². The summed E-state index contributed by atoms with van der Waals surface area (Å²) in [5, 5.41) is 3.93. The maximum Gasteiger partial charge on any atom is 0.231 e. The average molecular weight is 342 g/mol. The summed E-state index contributed by atoms with van der Waals surface area (Å²) in [6, 6.07) is 5.96. The highest BCUT2D eigenvalue weighted by atomic mass is 35.5. The van der Waals surface area contributed by atoms with Crippen molar-refractivity contribution in [2.45, 2.75) is 50.7 Å². The molecule has 0 radical (unpaired) electrons. The molecular weight excluding hydrogens is 321 g/mol. The molecule has 1 saturated carbocycles. The number of nitrogens with zero attached hydrogens (tertiary/aromatic N) is 2. The number of hydrogen-bond acceptors (Lipinski definition) is 5. The van der Waals surface area contributed by atoms with Crippen LogP contribution in [0.4, 0.5) is 4.39 Å². The molecule has 3 rings (SSSR count). The first kappa shape index (κ1) is 17.7. The van der Waals surface area contributed by atoms with Gasteiger partial charge in [-0.2, -0.15) is 4.98 Å². The fourth-order valence-corrected chi connectivity index (χ4v) is 2.94. The summed E-state index contributed by atoms with van der Waals surface area (Å²) >= 11 is 0. The Morgan fingerprint density at radius 1 is 1.43 bits per heavy atom. The smallest absolute Gasteiger partial charge is 0.231 e. The predicted molar refractivity (Wildman–Crippen MR) is 86.1 cm³/mol. The molecule has 2 N–H and O–H groups in total. The Labute approximate surface area is 140 Å². The lowest BCUT2D eigenvalue weighted by molar-refractivity contribution is 0.222. The van der Waals surface area contributed by atoms with E-state index in [1.165, 1.54) is 12.1 Å². The zero-order valence-electron chi connectivity index (χ0n) is 13.0. The van der Waals surface area contributed by atoms with Gasteiger partial charge in [0, 0.05) is 11.6 Å². The summed E-state index contributed by atoms with van der Waals surface area (Å²) < 4.78 is 23.9. The molecule has 2 aromatic rings. The van der Waals surface area contributed by atoms with Crippen molar-refractivity contribution in [3.05, 3.63) is 41.8 Å². The fourth-order valence-electron chi connectivity index (χ4n) is 2.94. The number of rotatable bonds is 4. The topological polar surface area (TPSA) is 74.2 Å². The summed E-state index contributed by atoms with van der Waals surface area (Å²) in [5.74, 6) is 1.19. The highest BCUT2D eigenvalue weighted by molar-refractivity contribution is 5.85. The van der Waals surface area contributed by atoms with E-state index in [0.29, 0.717) is 17.5 Å². The molecule has 1 aromatic heterocycles. The van der Waals surface area contributed by atoms with E-state index in [1.54, 1.807) is 12.1 Å². The van der Waals surface area contributed by atoms with Crippen molar-refractivity contribution in [3.8, 4) is 5.75 Å². The zero-order valence-corrected chi connectivity index (χ0v) is 13.8. The second-order valence-electron chi connectivity index (χ2n) is 6.10. The molecular formula is C16H21ClFN3O2. The van der Waals surface area contributed by atoms with Crippen LogP contribution in [0.25, 0.3) is 0 Å². The van der Waals surface area contributed by atoms with Crippen LogP contribution in [0.2, 0.25) is 0 Å². The Bertz CT molecular complexity index is 648. The number of halogens is 2. The average Bonchev–Trinajstić information content (AvgIpc) is 2.93. The molecule has 0 spiro atoms. The van der Waals surface area contributed by atoms with Gasteiger partial charge in [-0.25, -0.2) is 4.39 Å². The van der Waals surface area contributed by atoms with Crippen LogP contribution in [-0.2, 0) is 6.61 Å². The minimum atomic E-state index is -0.340. The summed E-state index contributed by atoms with van der Waals surface area (Å²) in [5.41, 5.74) is 6.03. The van der Waals surface area contributed by atoms with Crippen LogP contribution in [0.15, 0.2) is 28.8 Å². The SMILES string of the molecule is CC1(N)CCCCC1c1nc(COc2cccc(F)c2)no1.Cl. The summed E-state index contributed by atoms with van der Waals surface area (Å²) in [6.45, 7) is 2.17. The van der Waals surface area contributed by atoms with Gasteiger partial charge in [0.2, 0.25) is 11.7 Å². The second kappa shape index (κ2) is 7.27. The summed E-state index contributed by atoms with van der Waals surface area (Å²) in [7, 11) is 0. The van der Waals surface area contributed by atoms with Crippen LogP contribution in [0, 0.1) is 5.82 Å². The summed E-state index contributed by atoms with van der Waals surface area (Å²) in [4.78, 5) is 4.39. The Balaban J connectivity index is 0.00000192. The Kier molecular flexibility index (Phi) is 5.59. The van der Waals surface area contributed by atoms with Crippen LogP contribution in [0.1, 0.15) is 50.2 Å². The number of ether oxygens (including phenoxy) is 1. The van der Waals surface area contributed by atoms with Gasteiger partial charge >= 0.3 is 0 Å². The fraction of sp³-hybridized carbons (Fsp3) is 0.500. The Morgan fingerprint density at radius 3 is 3.00 bits per heavy atom. The minimum Gasteiger partial charge on any atom is -0.485 e. The van der Waals surface area contributed by atoms with Gasteiger partial charge in [0.1, 0.15) is 11.6 Å². The molecule has 5 nitrogen and oxygen atoms in total. The molecule has 0 bridgehead atoms. The number of nitrogens with two attached hydrogens (primary N) is 1. The van der Waals surface area contributed by atoms with E-state index in [2.05, 4.69) is 10.1 Å². The quantitative estimate of drug-likeness (QED) is 0.919. The normalized spacial score (nSPS) is 24.0. The van der Waals surface area contributed by atoms with Crippen molar-refractivity contribution in [1.82, 2.24) is 10.1 Å². The maximum atomic E-state index is 13.1. The molecule has 1 aliphatic carbocycles. The van der Waals surface area contributed by atoms with E-state index in [1.807, 2.05) is 6.92 Å². The van der Waals surface area contributed by atoms with Crippen molar-refractivity contribution < 1.29 is 13.7 Å². The van der Waals surface area contributed by atoms with Gasteiger partial charge in [-0.15, -0.1) is 12.4 Å². The molecule has 7 heteroatoms. The molecule has 0 saturated heterocycles. The summed E-state index contributed by atoms with van der Waals surface area (Å²) in [6.07, 6.45) is 4.16. The first-order chi connectivity index (χ1) is 10.5. The van der Waals surface area contributed by atoms with E-state index >= 15 is 0 Å². The van der Waals surface area contributed by atoms with Gasteiger partial charge < -0.3 is 15.0 Å². The van der Waals surface area contributed by atoms with Crippen molar-refractivity contribution in [2.24, 2.45) is 5.73 Å². The predicted octanol–water partition coefficient (Wildman–Crippen LogP) is 3.58. The van der Waals surface area contributed by atoms with Gasteiger partial charge in [0.05, 0.1) is 5.92 Å². The third-order valence-corrected chi connectivity index (χ3v) is 4.20. The van der Waals surface area contributed by atoms with E-state index in [9.17, 15) is 4.39 Å². The number of hydrogen-bond donors (Lipinski definition) is 1. The molecule has 1 aliphatic rings. The van der Waals surface area contributed by atoms with Crippen LogP contribution in [0.3, 0.4) is 0 Å². The molecule has 1 fully saturated rings. The van der Waals surface area contributed by atoms with Gasteiger partial charge in [-0.3, -0.25) is 0 Å². The van der Waals surface area contributed by atoms with Crippen molar-refractivity contribution >= 4 is 12.4 Å². The van der Waals surface area contributed by atoms with Crippen LogP contribution < -0.4 is 10.5 Å². The van der Waals surface area contributed by atoms with Gasteiger partial charge in [-0.1, -0.05) is 24.1 Å². The minimum absolute atomic E-state index is 0. The molecule has 0 aliphatic heterocycles. The molecule has 2 atom stereocenters. The van der Waals surface area contributed by atoms with E-state index in [4.69, 9.17) is 15.0 Å². The Hall–Kier alpha value is -1.66. The zero-order chi connectivity index (χ0) is 15.6. The molecule has 1 heterocycles. The number of aromatic nitrogens is 2. The highest BCUT2D eigenvalue weighted by Crippen LogP contribution is 2.38. The van der Waals surface area contributed by atoms with Crippen LogP contribution in [-0.4, -0.2) is 15.7 Å². The lowest BCUT2D eigenvalue weighted by Crippen LogP contribution is -2.44. The molecule has 1 aromatic carbocycles. The standard InChI is InChI=1S/C16H20FN3O2.ClH/c1-16(18)8-3-2-7-13(16)15-19-14(20-22-15)10-21-12-6-4-5-11(17)9-12;/h4-6,9,13H,2-3,7-8,10,18H2,1H3;1H. The highest BCUT2D eigenvalue weighted by Gasteiger charge is 2.37. The van der Waals surface area contributed by atoms with Crippen LogP contribution >= 0.6 is 12.4 Å². The number of benzene rings is 1. The monoisotopic (exact) mass is 341 g/mol. The lowest BCUT2D eigenvalue weighted by Gasteiger charge is -2.35. The van der Waals surface area contributed by atoms with E-state index < -0.39 is 0 Å². The van der Waals surface area contributed by atoms with E-state index in [-0.39, 0.29) is 36.3 Å². The third kappa shape index (κ3) is 4.20. The van der Waals surface area contributed by atoms with Crippen LogP contribution in [0.5, 0.6) is 5.75 Å². The van der Waals surface area contributed by atoms with Crippen molar-refractivity contribution in [3.63, 3.8) is 0 Å². The molecule has 2 unspecified atom stereocenters. The second-order valence-corrected chi connectivity index (χ2v) is 6.10. The van der Waals surface area contributed by atoms with Gasteiger partial charge in [0.15, 0.2) is 6.61 Å². The maximum absolute atomic E-state index is 13.1. The lowest BCUT2D eigenvalue weighted by atomic mass is 9.74. The molecule has 126 valence electrons. The van der Waals surface area contributed by atoms with Gasteiger partial charge in [0.25, 0.3) is 0 Å². The van der Waals surface area contributed by atoms with E-state index in [0.717, 1.165) is 25.7 Å². The first-order valence-electron chi connectivity index (χ1n) is 7.54. The first-order valence-corrected chi connectivity index (χ1v) is 7.54.